The fourth-order valence-corrected chi connectivity index (χ4v) is 8.45. The number of nitrogens with zero attached hydrogens (tertiary/aromatic N) is 1. The number of carbonyl (C=O) groups excluding carboxylic acids is 11. The van der Waals surface area contributed by atoms with Gasteiger partial charge < -0.3 is 69.5 Å². The summed E-state index contributed by atoms with van der Waals surface area (Å²) in [5.41, 5.74) is 16.9. The van der Waals surface area contributed by atoms with E-state index in [0.29, 0.717) is 11.1 Å². The lowest BCUT2D eigenvalue weighted by Gasteiger charge is -2.29. The summed E-state index contributed by atoms with van der Waals surface area (Å²) < 4.78 is 27.1. The molecule has 27 heteroatoms. The number of phenolic OH excluding ortho intramolecular Hbond substituents is 2. The van der Waals surface area contributed by atoms with E-state index < -0.39 is 174 Å². The Balaban J connectivity index is 2.05. The van der Waals surface area contributed by atoms with Gasteiger partial charge in [0.25, 0.3) is 0 Å². The van der Waals surface area contributed by atoms with Gasteiger partial charge in [0.05, 0.1) is 31.0 Å². The van der Waals surface area contributed by atoms with Gasteiger partial charge in [-0.1, -0.05) is 44.5 Å². The molecule has 0 spiro atoms. The average Bonchev–Trinajstić information content (AvgIpc) is 3.31. The molecule has 0 bridgehead atoms. The highest BCUT2D eigenvalue weighted by Gasteiger charge is 2.36. The number of benzene rings is 2. The van der Waals surface area contributed by atoms with Gasteiger partial charge in [-0.05, 0) is 54.2 Å². The first-order valence-corrected chi connectivity index (χ1v) is 24.5. The monoisotopic (exact) mass is 1030 g/mol. The molecule has 1 saturated heterocycles. The molecule has 11 amide bonds. The van der Waals surface area contributed by atoms with Crippen molar-refractivity contribution < 1.29 is 71.4 Å². The number of nitrogens with two attached hydrogens (primary N) is 3. The minimum atomic E-state index is -4.31. The molecule has 0 aliphatic carbocycles. The number of amides is 11. The summed E-state index contributed by atoms with van der Waals surface area (Å²) in [7, 11) is -3.22. The molecular weight excluding hydrogens is 967 g/mol. The summed E-state index contributed by atoms with van der Waals surface area (Å²) in [5.74, 6) is -13.6. The standard InChI is InChI=1S/C45H63N11O15S/c1-4-24(2)39-44(68)52-29(13-14-34(46)59)41(65)54-33(21-35(47)60)42(66)53-30(15-17-72(70,71)18-16-37(62)50-32(43(67)55-39)20-26-7-11-28(58)12-8-26)45(69)56(3)23-38(63)51-31(40(64)49-22-36(48)61)19-25-5-9-27(57)10-6-25/h5-12,24,29-33,39,57-58H,4,13-23H2,1-3H3,(H2,46,59)(H2,47,60)(H2,48,61)(H,49,64)(H,50,62)(H,51,63)(H,52,68)(H,53,66)(H,54,65)(H,55,67)/t24-,29-,30-,31-,32-,33-,39-/m0/s1. The zero-order valence-corrected chi connectivity index (χ0v) is 40.8. The highest BCUT2D eigenvalue weighted by Crippen LogP contribution is 2.16. The molecule has 0 aromatic heterocycles. The summed E-state index contributed by atoms with van der Waals surface area (Å²) in [6.07, 6.45) is -3.42. The molecule has 3 rings (SSSR count). The quantitative estimate of drug-likeness (QED) is 0.0667. The molecule has 72 heavy (non-hydrogen) atoms. The molecule has 1 aliphatic rings. The molecule has 1 aliphatic heterocycles. The molecule has 1 heterocycles. The third-order valence-corrected chi connectivity index (χ3v) is 13.0. The van der Waals surface area contributed by atoms with Crippen LogP contribution in [0.3, 0.4) is 0 Å². The van der Waals surface area contributed by atoms with Crippen LogP contribution in [0.1, 0.15) is 63.5 Å². The predicted octanol–water partition coefficient (Wildman–Crippen LogP) is -4.75. The van der Waals surface area contributed by atoms with Crippen molar-refractivity contribution in [1.82, 2.24) is 42.1 Å². The second-order valence-corrected chi connectivity index (χ2v) is 19.6. The van der Waals surface area contributed by atoms with Crippen LogP contribution in [-0.4, -0.2) is 156 Å². The maximum atomic E-state index is 14.1. The lowest BCUT2D eigenvalue weighted by molar-refractivity contribution is -0.140. The first-order chi connectivity index (χ1) is 33.8. The van der Waals surface area contributed by atoms with Crippen molar-refractivity contribution in [2.75, 3.05) is 31.6 Å². The summed E-state index contributed by atoms with van der Waals surface area (Å²) in [5, 5.41) is 36.3. The lowest BCUT2D eigenvalue weighted by atomic mass is 9.96. The number of phenols is 2. The first kappa shape index (κ1) is 58.5. The topological polar surface area (TPSA) is 428 Å². The molecule has 0 saturated carbocycles. The van der Waals surface area contributed by atoms with Crippen LogP contribution in [0.15, 0.2) is 48.5 Å². The van der Waals surface area contributed by atoms with Crippen LogP contribution in [0.5, 0.6) is 11.5 Å². The molecule has 0 unspecified atom stereocenters. The fourth-order valence-electron chi connectivity index (χ4n) is 7.15. The van der Waals surface area contributed by atoms with Gasteiger partial charge in [0.2, 0.25) is 65.0 Å². The number of rotatable bonds is 18. The second kappa shape index (κ2) is 27.5. The summed E-state index contributed by atoms with van der Waals surface area (Å²) in [6.45, 7) is 1.87. The van der Waals surface area contributed by atoms with E-state index >= 15 is 0 Å². The van der Waals surface area contributed by atoms with Gasteiger partial charge in [-0.15, -0.1) is 0 Å². The van der Waals surface area contributed by atoms with E-state index in [2.05, 4.69) is 37.2 Å². The molecule has 2 aromatic rings. The highest BCUT2D eigenvalue weighted by atomic mass is 32.2. The SMILES string of the molecule is CC[C@H](C)[C@@H]1NC(=O)[C@H](Cc2ccc(O)cc2)NC(=O)CCS(=O)(=O)CC[C@@H](C(=O)N(C)CC(=O)N[C@@H](Cc2ccc(O)cc2)C(=O)NCC(N)=O)NC(=O)[C@H](CC(N)=O)NC(=O)[C@H](CCC(N)=O)NC1=O. The number of nitrogens with one attached hydrogen (secondary N) is 7. The van der Waals surface area contributed by atoms with E-state index in [1.54, 1.807) is 13.8 Å². The van der Waals surface area contributed by atoms with Crippen LogP contribution in [0.4, 0.5) is 0 Å². The van der Waals surface area contributed by atoms with Crippen molar-refractivity contribution in [3.63, 3.8) is 0 Å². The van der Waals surface area contributed by atoms with Gasteiger partial charge >= 0.3 is 0 Å². The number of likely N-dealkylation sites (N-methyl/N-ethyl adjacent to an activating group) is 1. The Morgan fingerprint density at radius 3 is 1.88 bits per heavy atom. The lowest BCUT2D eigenvalue weighted by Crippen LogP contribution is -2.61. The van der Waals surface area contributed by atoms with Gasteiger partial charge in [-0.3, -0.25) is 52.7 Å². The summed E-state index contributed by atoms with van der Waals surface area (Å²) in [4.78, 5) is 146. The van der Waals surface area contributed by atoms with Gasteiger partial charge in [0, 0.05) is 32.7 Å². The molecule has 7 atom stereocenters. The van der Waals surface area contributed by atoms with E-state index in [1.165, 1.54) is 48.5 Å². The van der Waals surface area contributed by atoms with Gasteiger partial charge in [0.1, 0.15) is 47.8 Å². The Morgan fingerprint density at radius 1 is 0.736 bits per heavy atom. The van der Waals surface area contributed by atoms with Crippen molar-refractivity contribution in [2.24, 2.45) is 23.1 Å². The highest BCUT2D eigenvalue weighted by molar-refractivity contribution is 7.91. The van der Waals surface area contributed by atoms with Crippen LogP contribution in [0.25, 0.3) is 0 Å². The van der Waals surface area contributed by atoms with Gasteiger partial charge in [0.15, 0.2) is 9.84 Å². The molecule has 1 fully saturated rings. The number of hydrogen-bond acceptors (Lipinski definition) is 15. The van der Waals surface area contributed by atoms with Gasteiger partial charge in [-0.25, -0.2) is 8.42 Å². The van der Waals surface area contributed by atoms with Crippen molar-refractivity contribution in [3.05, 3.63) is 59.7 Å². The number of aromatic hydroxyl groups is 2. The van der Waals surface area contributed by atoms with Crippen LogP contribution < -0.4 is 54.4 Å². The van der Waals surface area contributed by atoms with Crippen LogP contribution in [-0.2, 0) is 75.4 Å². The van der Waals surface area contributed by atoms with E-state index in [-0.39, 0.29) is 30.8 Å². The third kappa shape index (κ3) is 19.9. The van der Waals surface area contributed by atoms with Crippen molar-refractivity contribution >= 4 is 74.8 Å². The minimum absolute atomic E-state index is 0.0911. The molecule has 15 N–H and O–H groups in total. The van der Waals surface area contributed by atoms with Gasteiger partial charge in [-0.2, -0.15) is 0 Å². The molecule has 26 nitrogen and oxygen atoms in total. The third-order valence-electron chi connectivity index (χ3n) is 11.4. The van der Waals surface area contributed by atoms with Crippen LogP contribution in [0, 0.1) is 5.92 Å². The van der Waals surface area contributed by atoms with Crippen LogP contribution in [0.2, 0.25) is 0 Å². The fraction of sp³-hybridized carbons (Fsp3) is 0.489. The Labute approximate surface area is 414 Å². The number of primary amides is 3. The zero-order chi connectivity index (χ0) is 53.9. The zero-order valence-electron chi connectivity index (χ0n) is 39.9. The molecule has 0 radical (unpaired) electrons. The smallest absolute Gasteiger partial charge is 0.245 e. The Morgan fingerprint density at radius 2 is 1.31 bits per heavy atom. The summed E-state index contributed by atoms with van der Waals surface area (Å²) in [6, 6.07) is 1.51. The molecule has 2 aromatic carbocycles. The molecular formula is C45H63N11O15S. The normalized spacial score (nSPS) is 21.1. The van der Waals surface area contributed by atoms with Crippen molar-refractivity contribution in [1.29, 1.82) is 0 Å². The van der Waals surface area contributed by atoms with Crippen LogP contribution >= 0.6 is 0 Å². The number of carbonyl (C=O) groups is 11. The Kier molecular flexibility index (Phi) is 22.4. The first-order valence-electron chi connectivity index (χ1n) is 22.7. The maximum Gasteiger partial charge on any atom is 0.245 e. The largest absolute Gasteiger partial charge is 0.508 e. The number of sulfone groups is 1. The van der Waals surface area contributed by atoms with E-state index in [4.69, 9.17) is 17.2 Å². The van der Waals surface area contributed by atoms with Crippen molar-refractivity contribution in [3.8, 4) is 11.5 Å². The van der Waals surface area contributed by atoms with E-state index in [0.717, 1.165) is 11.9 Å². The Bertz CT molecular complexity index is 2440. The maximum absolute atomic E-state index is 14.1. The minimum Gasteiger partial charge on any atom is -0.508 e. The van der Waals surface area contributed by atoms with E-state index in [9.17, 15) is 71.4 Å². The predicted molar refractivity (Wildman–Crippen MR) is 255 cm³/mol. The van der Waals surface area contributed by atoms with E-state index in [1.807, 2.05) is 0 Å². The summed E-state index contributed by atoms with van der Waals surface area (Å²) >= 11 is 0. The number of hydrogen-bond donors (Lipinski definition) is 12. The Hall–Kier alpha value is -7.84. The second-order valence-electron chi connectivity index (χ2n) is 17.3. The molecule has 394 valence electrons. The average molecular weight is 1030 g/mol. The van der Waals surface area contributed by atoms with Crippen molar-refractivity contribution in [2.45, 2.75) is 101 Å².